The molecule has 0 N–H and O–H groups in total. The summed E-state index contributed by atoms with van der Waals surface area (Å²) in [7, 11) is 0. The summed E-state index contributed by atoms with van der Waals surface area (Å²) >= 11 is 0. The van der Waals surface area contributed by atoms with Crippen molar-refractivity contribution in [1.82, 2.24) is 0 Å². The molecule has 0 saturated heterocycles. The minimum absolute atomic E-state index is 0. The Kier molecular flexibility index (Phi) is 28.4. The number of aliphatic imine (C=N–C) groups is 2. The molecule has 5 aromatic carbocycles. The Morgan fingerprint density at radius 3 is 0.686 bits per heavy atom. The molecule has 0 aliphatic rings. The van der Waals surface area contributed by atoms with Crippen LogP contribution in [-0.2, 0) is 37.1 Å². The van der Waals surface area contributed by atoms with Gasteiger partial charge in [0, 0.05) is 48.5 Å². The number of hydrogen-bond acceptors (Lipinski definition) is 2. The van der Waals surface area contributed by atoms with E-state index in [2.05, 4.69) is 223 Å². The monoisotopic (exact) mass is 1010 g/mol. The summed E-state index contributed by atoms with van der Waals surface area (Å²) in [6.45, 7) is 44.1. The van der Waals surface area contributed by atoms with Gasteiger partial charge in [0.25, 0.3) is 0 Å². The Balaban J connectivity index is 0.000000607. The van der Waals surface area contributed by atoms with E-state index in [1.165, 1.54) is 44.5 Å². The van der Waals surface area contributed by atoms with Gasteiger partial charge in [-0.2, -0.15) is 11.4 Å². The molecule has 0 saturated carbocycles. The molecule has 0 spiro atoms. The molecule has 2 radical (unpaired) electrons. The van der Waals surface area contributed by atoms with Crippen molar-refractivity contribution in [3.05, 3.63) is 188 Å². The second-order valence-corrected chi connectivity index (χ2v) is 20.8. The van der Waals surface area contributed by atoms with Crippen molar-refractivity contribution in [2.24, 2.45) is 9.98 Å². The number of hydrogen-bond donors (Lipinski definition) is 0. The first kappa shape index (κ1) is 63.7. The van der Waals surface area contributed by atoms with Crippen LogP contribution in [0.4, 0.5) is 22.7 Å². The molecule has 70 heavy (non-hydrogen) atoms. The van der Waals surface area contributed by atoms with Crippen molar-refractivity contribution in [3.63, 3.8) is 0 Å². The van der Waals surface area contributed by atoms with E-state index < -0.39 is 0 Å². The Labute approximate surface area is 452 Å². The van der Waals surface area contributed by atoms with Crippen LogP contribution in [0.3, 0.4) is 0 Å². The molecule has 0 fully saturated rings. The van der Waals surface area contributed by atoms with E-state index in [9.17, 15) is 0 Å². The van der Waals surface area contributed by atoms with Gasteiger partial charge in [-0.25, -0.2) is 0 Å². The van der Waals surface area contributed by atoms with Crippen LogP contribution >= 0.6 is 0 Å². The van der Waals surface area contributed by atoms with E-state index in [0.717, 1.165) is 45.6 Å². The third-order valence-corrected chi connectivity index (χ3v) is 12.0. The van der Waals surface area contributed by atoms with Gasteiger partial charge in [-0.15, -0.1) is 11.4 Å². The van der Waals surface area contributed by atoms with Crippen LogP contribution in [0.2, 0.25) is 0 Å². The molecule has 0 aromatic heterocycles. The topological polar surface area (TPSA) is 52.9 Å². The first-order valence-electron chi connectivity index (χ1n) is 25.5. The Morgan fingerprint density at radius 2 is 0.500 bits per heavy atom. The van der Waals surface area contributed by atoms with Crippen LogP contribution in [-0.4, -0.2) is 11.4 Å². The van der Waals surface area contributed by atoms with Crippen LogP contribution < -0.4 is 0 Å². The molecule has 5 rings (SSSR count). The molecule has 376 valence electrons. The van der Waals surface area contributed by atoms with Crippen LogP contribution in [0.5, 0.6) is 0 Å². The summed E-state index contributed by atoms with van der Waals surface area (Å²) in [6, 6.07) is 38.3. The van der Waals surface area contributed by atoms with Crippen molar-refractivity contribution < 1.29 is 37.1 Å². The van der Waals surface area contributed by atoms with E-state index >= 15 is 0 Å². The maximum absolute atomic E-state index is 5.08. The minimum Gasteiger partial charge on any atom is -0.661 e. The van der Waals surface area contributed by atoms with Crippen LogP contribution in [0, 0.1) is 0 Å². The van der Waals surface area contributed by atoms with Crippen molar-refractivity contribution in [3.8, 4) is 0 Å². The Morgan fingerprint density at radius 1 is 0.314 bits per heavy atom. The van der Waals surface area contributed by atoms with Gasteiger partial charge in [-0.3, -0.25) is 9.98 Å². The molecular weight excluding hydrogens is 927 g/mol. The molecule has 0 unspecified atom stereocenters. The van der Waals surface area contributed by atoms with Crippen molar-refractivity contribution >= 4 is 34.2 Å². The van der Waals surface area contributed by atoms with E-state index in [1.807, 2.05) is 36.4 Å². The van der Waals surface area contributed by atoms with Gasteiger partial charge >= 0.3 is 0 Å². The largest absolute Gasteiger partial charge is 0.661 e. The van der Waals surface area contributed by atoms with Gasteiger partial charge in [0.05, 0.1) is 11.4 Å². The normalized spacial score (nSPS) is 12.3. The number of para-hydroxylation sites is 4. The zero-order valence-corrected chi connectivity index (χ0v) is 49.6. The summed E-state index contributed by atoms with van der Waals surface area (Å²) < 4.78 is 0. The molecule has 4 nitrogen and oxygen atoms in total. The van der Waals surface area contributed by atoms with Gasteiger partial charge in [0.15, 0.2) is 0 Å². The van der Waals surface area contributed by atoms with Crippen molar-refractivity contribution in [2.45, 2.75) is 186 Å². The summed E-state index contributed by atoms with van der Waals surface area (Å²) in [5, 5.41) is 10.2. The van der Waals surface area contributed by atoms with E-state index in [1.54, 1.807) is 0 Å². The molecule has 5 aromatic rings. The summed E-state index contributed by atoms with van der Waals surface area (Å²) in [4.78, 5) is 10.2. The molecule has 6 heteroatoms. The van der Waals surface area contributed by atoms with Gasteiger partial charge in [0.1, 0.15) is 0 Å². The van der Waals surface area contributed by atoms with E-state index in [0.29, 0.717) is 47.3 Å². The Bertz CT molecular complexity index is 2180. The first-order valence-corrected chi connectivity index (χ1v) is 25.5. The van der Waals surface area contributed by atoms with Crippen LogP contribution in [0.25, 0.3) is 10.6 Å². The molecular formula is C64H88N4V2-2. The second kappa shape index (κ2) is 31.2. The fourth-order valence-corrected chi connectivity index (χ4v) is 8.39. The first-order chi connectivity index (χ1) is 32.0. The van der Waals surface area contributed by atoms with Crippen molar-refractivity contribution in [1.29, 1.82) is 0 Å². The SMILES string of the molecule is CC(/C=C(/C)[N-]c1c(C(C)C)cccc1C(C)C)=Nc1c(C(C)C)cccc1C(C)C.CC(/C=C(/C)[N-]c1c(C(C)C)cccc1C(C)C)=Nc1c(C(C)C)cccc1C(C)C.[V].[V].c1ccccc1. The number of allylic oxidation sites excluding steroid dienone is 4. The standard InChI is InChI=1S/2C29H41N2.C6H6.2V/c2*1-18(2)24-13-11-14-25(19(3)4)28(24)30-22(9)17-23(10)31-29-26(20(5)6)15-12-16-27(29)21(7)8;1-2-4-6-5-3-1;;/h2*11-21H,1-10H3;1-6H;;/q2*-1;;;/b2*22-17-,31-23?;;;. The maximum atomic E-state index is 5.08. The average Bonchev–Trinajstić information content (AvgIpc) is 3.26. The average molecular weight is 1020 g/mol. The zero-order valence-electron chi connectivity index (χ0n) is 46.8. The van der Waals surface area contributed by atoms with Gasteiger partial charge in [-0.1, -0.05) is 268 Å². The van der Waals surface area contributed by atoms with Crippen LogP contribution in [0.1, 0.15) is 230 Å². The predicted molar refractivity (Wildman–Crippen MR) is 304 cm³/mol. The second-order valence-electron chi connectivity index (χ2n) is 20.8. The van der Waals surface area contributed by atoms with Gasteiger partial charge in [-0.05, 0) is 83.4 Å². The smallest absolute Gasteiger partial charge is 0.0701 e. The van der Waals surface area contributed by atoms with E-state index in [4.69, 9.17) is 20.6 Å². The maximum Gasteiger partial charge on any atom is 0.0701 e. The third kappa shape index (κ3) is 19.4. The fraction of sp³-hybridized carbons (Fsp3) is 0.438. The Hall–Kier alpha value is -4.31. The molecule has 0 aliphatic heterocycles. The van der Waals surface area contributed by atoms with E-state index in [-0.39, 0.29) is 37.1 Å². The predicted octanol–water partition coefficient (Wildman–Crippen LogP) is 21.4. The quantitative estimate of drug-likeness (QED) is 0.0885. The van der Waals surface area contributed by atoms with Crippen LogP contribution in [0.15, 0.2) is 143 Å². The summed E-state index contributed by atoms with van der Waals surface area (Å²) in [5.41, 5.74) is 18.9. The minimum atomic E-state index is 0. The molecule has 0 amide bonds. The number of nitrogens with zero attached hydrogens (tertiary/aromatic N) is 4. The molecule has 0 aliphatic carbocycles. The number of benzene rings is 5. The fourth-order valence-electron chi connectivity index (χ4n) is 8.39. The van der Waals surface area contributed by atoms with Gasteiger partial charge < -0.3 is 10.6 Å². The molecule has 0 bridgehead atoms. The zero-order chi connectivity index (χ0) is 50.8. The molecule has 0 atom stereocenters. The summed E-state index contributed by atoms with van der Waals surface area (Å²) in [6.07, 6.45) is 4.23. The van der Waals surface area contributed by atoms with Crippen molar-refractivity contribution in [2.75, 3.05) is 0 Å². The number of rotatable bonds is 16. The summed E-state index contributed by atoms with van der Waals surface area (Å²) in [5.74, 6) is 3.49. The van der Waals surface area contributed by atoms with Gasteiger partial charge in [0.2, 0.25) is 0 Å². The molecule has 0 heterocycles. The third-order valence-electron chi connectivity index (χ3n) is 12.0.